The molecule has 0 aliphatic heterocycles. The number of pyridine rings is 2. The number of nitrogens with zero attached hydrogens (tertiary/aromatic N) is 2. The summed E-state index contributed by atoms with van der Waals surface area (Å²) in [5.74, 6) is 0.819. The maximum absolute atomic E-state index is 5.47. The van der Waals surface area contributed by atoms with Crippen LogP contribution in [0.5, 0.6) is 5.75 Å². The van der Waals surface area contributed by atoms with Gasteiger partial charge in [-0.15, -0.1) is 0 Å². The van der Waals surface area contributed by atoms with Crippen LogP contribution in [0.15, 0.2) is 91.1 Å². The van der Waals surface area contributed by atoms with Crippen LogP contribution >= 0.6 is 0 Å². The molecular weight excluding hydrogens is 320 g/mol. The number of methoxy groups -OCH3 is 1. The van der Waals surface area contributed by atoms with Crippen LogP contribution in [0.3, 0.4) is 0 Å². The Bertz CT molecular complexity index is 1030. The van der Waals surface area contributed by atoms with Gasteiger partial charge < -0.3 is 4.74 Å². The van der Waals surface area contributed by atoms with E-state index in [1.54, 1.807) is 7.11 Å². The van der Waals surface area contributed by atoms with Crippen molar-refractivity contribution < 1.29 is 4.74 Å². The highest BCUT2D eigenvalue weighted by Crippen LogP contribution is 2.30. The number of hydrogen-bond donors (Lipinski definition) is 0. The predicted molar refractivity (Wildman–Crippen MR) is 105 cm³/mol. The van der Waals surface area contributed by atoms with E-state index in [0.717, 1.165) is 39.5 Å². The molecule has 126 valence electrons. The maximum atomic E-state index is 5.47. The van der Waals surface area contributed by atoms with Crippen molar-refractivity contribution in [3.63, 3.8) is 0 Å². The summed E-state index contributed by atoms with van der Waals surface area (Å²) in [5, 5.41) is 0. The molecule has 3 heteroatoms. The second kappa shape index (κ2) is 7.19. The van der Waals surface area contributed by atoms with Gasteiger partial charge >= 0.3 is 0 Å². The molecule has 0 atom stereocenters. The van der Waals surface area contributed by atoms with Crippen molar-refractivity contribution in [1.29, 1.82) is 0 Å². The first-order valence-corrected chi connectivity index (χ1v) is 8.47. The molecule has 0 unspecified atom stereocenters. The van der Waals surface area contributed by atoms with Gasteiger partial charge in [-0.1, -0.05) is 42.5 Å². The maximum Gasteiger partial charge on any atom is 0.128 e. The second-order valence-electron chi connectivity index (χ2n) is 5.90. The molecule has 0 saturated heterocycles. The van der Waals surface area contributed by atoms with Gasteiger partial charge in [-0.25, -0.2) is 4.98 Å². The van der Waals surface area contributed by atoms with Crippen molar-refractivity contribution in [2.45, 2.75) is 0 Å². The van der Waals surface area contributed by atoms with Gasteiger partial charge in [-0.2, -0.15) is 0 Å². The van der Waals surface area contributed by atoms with Crippen molar-refractivity contribution >= 4 is 0 Å². The highest BCUT2D eigenvalue weighted by Gasteiger charge is 2.09. The molecule has 0 bridgehead atoms. The summed E-state index contributed by atoms with van der Waals surface area (Å²) in [5.41, 5.74) is 5.89. The number of hydrogen-bond acceptors (Lipinski definition) is 3. The lowest BCUT2D eigenvalue weighted by atomic mass is 10.0. The Morgan fingerprint density at radius 3 is 2.15 bits per heavy atom. The fraction of sp³-hybridized carbons (Fsp3) is 0.0435. The van der Waals surface area contributed by atoms with Gasteiger partial charge in [-0.3, -0.25) is 4.98 Å². The van der Waals surface area contributed by atoms with Crippen LogP contribution in [0.2, 0.25) is 0 Å². The third-order valence-corrected chi connectivity index (χ3v) is 4.25. The molecular formula is C23H18N2O. The van der Waals surface area contributed by atoms with E-state index in [1.807, 2.05) is 72.9 Å². The second-order valence-corrected chi connectivity index (χ2v) is 5.90. The van der Waals surface area contributed by atoms with Crippen LogP contribution in [-0.4, -0.2) is 17.1 Å². The first-order chi connectivity index (χ1) is 12.8. The average molecular weight is 338 g/mol. The monoisotopic (exact) mass is 338 g/mol. The average Bonchev–Trinajstić information content (AvgIpc) is 2.74. The van der Waals surface area contributed by atoms with E-state index in [2.05, 4.69) is 23.2 Å². The number of rotatable bonds is 4. The molecule has 4 rings (SSSR count). The van der Waals surface area contributed by atoms with Crippen LogP contribution in [0, 0.1) is 0 Å². The van der Waals surface area contributed by atoms with Crippen LogP contribution in [0.1, 0.15) is 0 Å². The minimum Gasteiger partial charge on any atom is -0.496 e. The first-order valence-electron chi connectivity index (χ1n) is 8.47. The fourth-order valence-electron chi connectivity index (χ4n) is 2.97. The van der Waals surface area contributed by atoms with E-state index >= 15 is 0 Å². The van der Waals surface area contributed by atoms with E-state index in [4.69, 9.17) is 9.72 Å². The summed E-state index contributed by atoms with van der Waals surface area (Å²) in [6, 6.07) is 28.2. The molecule has 2 heterocycles. The summed E-state index contributed by atoms with van der Waals surface area (Å²) in [6.45, 7) is 0. The lowest BCUT2D eigenvalue weighted by Gasteiger charge is -2.10. The summed E-state index contributed by atoms with van der Waals surface area (Å²) in [4.78, 5) is 9.29. The number of para-hydroxylation sites is 1. The van der Waals surface area contributed by atoms with Crippen LogP contribution in [0.25, 0.3) is 33.8 Å². The third-order valence-electron chi connectivity index (χ3n) is 4.25. The molecule has 0 radical (unpaired) electrons. The number of ether oxygens (including phenoxy) is 1. The summed E-state index contributed by atoms with van der Waals surface area (Å²) >= 11 is 0. The molecule has 0 amide bonds. The van der Waals surface area contributed by atoms with Gasteiger partial charge in [0.1, 0.15) is 5.75 Å². The zero-order valence-electron chi connectivity index (χ0n) is 14.5. The molecule has 0 saturated carbocycles. The Kier molecular flexibility index (Phi) is 4.44. The molecule has 0 aliphatic carbocycles. The third kappa shape index (κ3) is 3.20. The molecule has 4 aromatic rings. The normalized spacial score (nSPS) is 10.5. The van der Waals surface area contributed by atoms with Crippen molar-refractivity contribution in [2.75, 3.05) is 7.11 Å². The van der Waals surface area contributed by atoms with Crippen molar-refractivity contribution in [2.24, 2.45) is 0 Å². The van der Waals surface area contributed by atoms with Crippen molar-refractivity contribution in [1.82, 2.24) is 9.97 Å². The van der Waals surface area contributed by atoms with Crippen LogP contribution < -0.4 is 4.74 Å². The zero-order valence-corrected chi connectivity index (χ0v) is 14.5. The highest BCUT2D eigenvalue weighted by atomic mass is 16.5. The Labute approximate surface area is 153 Å². The first kappa shape index (κ1) is 16.0. The van der Waals surface area contributed by atoms with Crippen molar-refractivity contribution in [3.05, 3.63) is 91.1 Å². The molecule has 0 spiro atoms. The van der Waals surface area contributed by atoms with Gasteiger partial charge in [0, 0.05) is 22.9 Å². The summed E-state index contributed by atoms with van der Waals surface area (Å²) < 4.78 is 5.47. The fourth-order valence-corrected chi connectivity index (χ4v) is 2.97. The topological polar surface area (TPSA) is 35.0 Å². The molecule has 2 aromatic carbocycles. The Balaban J connectivity index is 1.76. The summed E-state index contributed by atoms with van der Waals surface area (Å²) in [7, 11) is 1.68. The van der Waals surface area contributed by atoms with E-state index in [9.17, 15) is 0 Å². The molecule has 0 N–H and O–H groups in total. The Morgan fingerprint density at radius 2 is 1.35 bits per heavy atom. The number of benzene rings is 2. The smallest absolute Gasteiger partial charge is 0.128 e. The molecule has 3 nitrogen and oxygen atoms in total. The van der Waals surface area contributed by atoms with Gasteiger partial charge in [-0.05, 0) is 42.5 Å². The Morgan fingerprint density at radius 1 is 0.654 bits per heavy atom. The lowest BCUT2D eigenvalue weighted by Crippen LogP contribution is -1.92. The molecule has 0 fully saturated rings. The molecule has 0 aliphatic rings. The van der Waals surface area contributed by atoms with Gasteiger partial charge in [0.2, 0.25) is 0 Å². The quantitative estimate of drug-likeness (QED) is 0.494. The predicted octanol–water partition coefficient (Wildman–Crippen LogP) is 5.49. The molecule has 2 aromatic heterocycles. The van der Waals surface area contributed by atoms with Crippen molar-refractivity contribution in [3.8, 4) is 39.5 Å². The lowest BCUT2D eigenvalue weighted by molar-refractivity contribution is 0.416. The van der Waals surface area contributed by atoms with E-state index in [0.29, 0.717) is 0 Å². The minimum absolute atomic E-state index is 0.819. The van der Waals surface area contributed by atoms with E-state index < -0.39 is 0 Å². The van der Waals surface area contributed by atoms with Crippen LogP contribution in [0.4, 0.5) is 0 Å². The van der Waals surface area contributed by atoms with Crippen LogP contribution in [-0.2, 0) is 0 Å². The SMILES string of the molecule is COc1ccccc1-c1cccc(-c2cccc(-c3ccccn3)c2)n1. The highest BCUT2D eigenvalue weighted by molar-refractivity contribution is 5.73. The standard InChI is InChI=1S/C23H18N2O/c1-26-23-14-3-2-10-19(23)22-13-7-12-21(25-22)18-9-6-8-17(16-18)20-11-4-5-15-24-20/h2-16H,1H3. The van der Waals surface area contributed by atoms with Gasteiger partial charge in [0.05, 0.1) is 24.2 Å². The largest absolute Gasteiger partial charge is 0.496 e. The zero-order chi connectivity index (χ0) is 17.8. The van der Waals surface area contributed by atoms with E-state index in [-0.39, 0.29) is 0 Å². The Hall–Kier alpha value is -3.46. The minimum atomic E-state index is 0.819. The van der Waals surface area contributed by atoms with Gasteiger partial charge in [0.15, 0.2) is 0 Å². The van der Waals surface area contributed by atoms with E-state index in [1.165, 1.54) is 0 Å². The molecule has 26 heavy (non-hydrogen) atoms. The van der Waals surface area contributed by atoms with Gasteiger partial charge in [0.25, 0.3) is 0 Å². The number of aromatic nitrogens is 2. The summed E-state index contributed by atoms with van der Waals surface area (Å²) in [6.07, 6.45) is 1.81.